The van der Waals surface area contributed by atoms with Gasteiger partial charge in [0.05, 0.1) is 18.2 Å². The summed E-state index contributed by atoms with van der Waals surface area (Å²) in [5.74, 6) is -0.128. The number of amides is 2. The molecule has 2 N–H and O–H groups in total. The Morgan fingerprint density at radius 1 is 1.04 bits per heavy atom. The van der Waals surface area contributed by atoms with E-state index in [0.29, 0.717) is 30.3 Å². The van der Waals surface area contributed by atoms with E-state index in [2.05, 4.69) is 10.9 Å². The first-order valence-electron chi connectivity index (χ1n) is 8.73. The van der Waals surface area contributed by atoms with Crippen LogP contribution in [0.4, 0.5) is 0 Å². The average Bonchev–Trinajstić information content (AvgIpc) is 2.65. The van der Waals surface area contributed by atoms with Gasteiger partial charge in [0, 0.05) is 11.1 Å². The van der Waals surface area contributed by atoms with Gasteiger partial charge in [-0.15, -0.1) is 0 Å². The maximum Gasteiger partial charge on any atom is 0.269 e. The summed E-state index contributed by atoms with van der Waals surface area (Å²) in [4.78, 5) is 24.6. The number of halogens is 1. The summed E-state index contributed by atoms with van der Waals surface area (Å²) in [6, 6.07) is 10.1. The van der Waals surface area contributed by atoms with Gasteiger partial charge in [-0.2, -0.15) is 0 Å². The molecule has 0 heterocycles. The minimum Gasteiger partial charge on any atom is -0.490 e. The molecule has 0 fully saturated rings. The number of carbonyl (C=O) groups is 2. The lowest BCUT2D eigenvalue weighted by molar-refractivity contribution is 0.0846. The third kappa shape index (κ3) is 5.37. The number of benzene rings is 2. The zero-order valence-corrected chi connectivity index (χ0v) is 16.4. The Bertz CT molecular complexity index is 824. The topological polar surface area (TPSA) is 76.7 Å². The number of nitrogens with one attached hydrogen (secondary N) is 2. The first-order chi connectivity index (χ1) is 13.0. The second kappa shape index (κ2) is 9.83. The van der Waals surface area contributed by atoms with Crippen LogP contribution in [0.15, 0.2) is 36.4 Å². The third-order valence-corrected chi connectivity index (χ3v) is 3.98. The number of hydrogen-bond acceptors (Lipinski definition) is 4. The highest BCUT2D eigenvalue weighted by atomic mass is 35.5. The molecule has 7 heteroatoms. The summed E-state index contributed by atoms with van der Waals surface area (Å²) in [6.07, 6.45) is 0.815. The van der Waals surface area contributed by atoms with Crippen molar-refractivity contribution in [3.05, 3.63) is 58.1 Å². The number of ether oxygens (including phenoxy) is 2. The van der Waals surface area contributed by atoms with E-state index in [1.807, 2.05) is 32.9 Å². The molecule has 0 unspecified atom stereocenters. The number of aryl methyl sites for hydroxylation is 1. The maximum atomic E-state index is 12.4. The van der Waals surface area contributed by atoms with Gasteiger partial charge >= 0.3 is 0 Å². The van der Waals surface area contributed by atoms with Crippen LogP contribution in [0.5, 0.6) is 11.5 Å². The van der Waals surface area contributed by atoms with Gasteiger partial charge in [-0.05, 0) is 44.0 Å². The molecular weight excluding hydrogens is 368 g/mol. The second-order valence-electron chi connectivity index (χ2n) is 5.79. The van der Waals surface area contributed by atoms with Crippen LogP contribution in [-0.4, -0.2) is 25.0 Å². The molecular formula is C20H23ClN2O4. The predicted octanol–water partition coefficient (Wildman–Crippen LogP) is 3.91. The van der Waals surface area contributed by atoms with E-state index in [4.69, 9.17) is 21.1 Å². The highest BCUT2D eigenvalue weighted by Gasteiger charge is 2.17. The van der Waals surface area contributed by atoms with Crippen LogP contribution in [0.3, 0.4) is 0 Å². The summed E-state index contributed by atoms with van der Waals surface area (Å²) >= 11 is 6.26. The zero-order valence-electron chi connectivity index (χ0n) is 15.6. The first-order valence-corrected chi connectivity index (χ1v) is 9.11. The van der Waals surface area contributed by atoms with Gasteiger partial charge in [0.15, 0.2) is 11.5 Å². The van der Waals surface area contributed by atoms with Gasteiger partial charge in [-0.1, -0.05) is 36.7 Å². The van der Waals surface area contributed by atoms with Crippen molar-refractivity contribution in [1.29, 1.82) is 0 Å². The molecule has 0 aliphatic carbocycles. The fraction of sp³-hybridized carbons (Fsp3) is 0.300. The highest BCUT2D eigenvalue weighted by Crippen LogP contribution is 2.36. The van der Waals surface area contributed by atoms with Crippen molar-refractivity contribution in [3.8, 4) is 11.5 Å². The smallest absolute Gasteiger partial charge is 0.269 e. The molecule has 0 aromatic heterocycles. The summed E-state index contributed by atoms with van der Waals surface area (Å²) < 4.78 is 11.2. The van der Waals surface area contributed by atoms with Crippen molar-refractivity contribution in [1.82, 2.24) is 10.9 Å². The van der Waals surface area contributed by atoms with Crippen molar-refractivity contribution < 1.29 is 19.1 Å². The summed E-state index contributed by atoms with van der Waals surface area (Å²) in [5, 5.41) is 0.268. The number of hydrazine groups is 1. The normalized spacial score (nSPS) is 10.2. The molecule has 27 heavy (non-hydrogen) atoms. The molecule has 0 atom stereocenters. The Balaban J connectivity index is 2.13. The van der Waals surface area contributed by atoms with Crippen LogP contribution >= 0.6 is 11.6 Å². The summed E-state index contributed by atoms with van der Waals surface area (Å²) in [6.45, 7) is 6.51. The van der Waals surface area contributed by atoms with Crippen LogP contribution in [0.2, 0.25) is 5.02 Å². The lowest BCUT2D eigenvalue weighted by Gasteiger charge is -2.15. The minimum absolute atomic E-state index is 0.248. The van der Waals surface area contributed by atoms with Gasteiger partial charge in [0.25, 0.3) is 11.8 Å². The van der Waals surface area contributed by atoms with Crippen LogP contribution in [0.1, 0.15) is 46.5 Å². The van der Waals surface area contributed by atoms with Gasteiger partial charge in [-0.3, -0.25) is 20.4 Å². The van der Waals surface area contributed by atoms with Crippen molar-refractivity contribution in [2.45, 2.75) is 27.2 Å². The quantitative estimate of drug-likeness (QED) is 0.703. The first kappa shape index (κ1) is 20.6. The lowest BCUT2D eigenvalue weighted by Crippen LogP contribution is -2.41. The number of carbonyl (C=O) groups excluding carboxylic acids is 2. The molecule has 0 aliphatic heterocycles. The van der Waals surface area contributed by atoms with Gasteiger partial charge < -0.3 is 9.47 Å². The molecule has 2 aromatic rings. The molecule has 0 bridgehead atoms. The average molecular weight is 391 g/mol. The fourth-order valence-corrected chi connectivity index (χ4v) is 2.65. The van der Waals surface area contributed by atoms with E-state index >= 15 is 0 Å². The van der Waals surface area contributed by atoms with Crippen molar-refractivity contribution in [2.75, 3.05) is 13.2 Å². The molecule has 6 nitrogen and oxygen atoms in total. The van der Waals surface area contributed by atoms with E-state index in [1.54, 1.807) is 12.1 Å². The number of rotatable bonds is 7. The van der Waals surface area contributed by atoms with Crippen LogP contribution in [0, 0.1) is 6.92 Å². The molecule has 2 rings (SSSR count). The Morgan fingerprint density at radius 2 is 1.74 bits per heavy atom. The molecule has 0 aliphatic rings. The van der Waals surface area contributed by atoms with E-state index in [-0.39, 0.29) is 10.6 Å². The van der Waals surface area contributed by atoms with Gasteiger partial charge in [-0.25, -0.2) is 0 Å². The van der Waals surface area contributed by atoms with Gasteiger partial charge in [0.2, 0.25) is 0 Å². The van der Waals surface area contributed by atoms with E-state index < -0.39 is 11.8 Å². The Kier molecular flexibility index (Phi) is 7.49. The summed E-state index contributed by atoms with van der Waals surface area (Å²) in [5.41, 5.74) is 6.33. The minimum atomic E-state index is -0.512. The van der Waals surface area contributed by atoms with E-state index in [0.717, 1.165) is 12.0 Å². The van der Waals surface area contributed by atoms with Crippen molar-refractivity contribution >= 4 is 23.4 Å². The van der Waals surface area contributed by atoms with Crippen LogP contribution in [0.25, 0.3) is 0 Å². The molecule has 0 spiro atoms. The molecule has 2 amide bonds. The van der Waals surface area contributed by atoms with E-state index in [1.165, 1.54) is 12.1 Å². The maximum absolute atomic E-state index is 12.4. The summed E-state index contributed by atoms with van der Waals surface area (Å²) in [7, 11) is 0. The lowest BCUT2D eigenvalue weighted by atomic mass is 10.1. The number of hydrogen-bond donors (Lipinski definition) is 2. The molecule has 2 aromatic carbocycles. The largest absolute Gasteiger partial charge is 0.490 e. The fourth-order valence-electron chi connectivity index (χ4n) is 2.39. The molecule has 144 valence electrons. The Hall–Kier alpha value is -2.73. The van der Waals surface area contributed by atoms with Crippen LogP contribution in [-0.2, 0) is 0 Å². The van der Waals surface area contributed by atoms with Crippen molar-refractivity contribution in [2.24, 2.45) is 0 Å². The van der Waals surface area contributed by atoms with Crippen LogP contribution < -0.4 is 20.3 Å². The molecule has 0 saturated carbocycles. The monoisotopic (exact) mass is 390 g/mol. The SMILES string of the molecule is CCCOc1c(Cl)cc(C(=O)NNC(=O)c2ccccc2C)cc1OCC. The van der Waals surface area contributed by atoms with Crippen molar-refractivity contribution in [3.63, 3.8) is 0 Å². The predicted molar refractivity (Wildman–Crippen MR) is 105 cm³/mol. The van der Waals surface area contributed by atoms with E-state index in [9.17, 15) is 9.59 Å². The zero-order chi connectivity index (χ0) is 19.8. The molecule has 0 saturated heterocycles. The Labute approximate surface area is 163 Å². The van der Waals surface area contributed by atoms with Gasteiger partial charge in [0.1, 0.15) is 0 Å². The highest BCUT2D eigenvalue weighted by molar-refractivity contribution is 6.32. The standard InChI is InChI=1S/C20H23ClN2O4/c1-4-10-27-18-16(21)11-14(12-17(18)26-5-2)19(24)22-23-20(25)15-9-7-6-8-13(15)3/h6-9,11-12H,4-5,10H2,1-3H3,(H,22,24)(H,23,25). The Morgan fingerprint density at radius 3 is 2.41 bits per heavy atom. The second-order valence-corrected chi connectivity index (χ2v) is 6.20. The molecule has 0 radical (unpaired) electrons. The third-order valence-electron chi connectivity index (χ3n) is 3.70.